The minimum atomic E-state index is -3.51. The Morgan fingerprint density at radius 1 is 1.55 bits per heavy atom. The van der Waals surface area contributed by atoms with E-state index < -0.39 is 48.6 Å². The number of aliphatic hydroxyl groups excluding tert-OH is 2. The Morgan fingerprint density at radius 3 is 2.80 bits per heavy atom. The fourth-order valence-corrected chi connectivity index (χ4v) is 2.06. The average molecular weight is 292 g/mol. The third-order valence-electron chi connectivity index (χ3n) is 3.20. The maximum atomic E-state index is 13.7. The lowest BCUT2D eigenvalue weighted by Gasteiger charge is -2.38. The predicted molar refractivity (Wildman–Crippen MR) is 62.6 cm³/mol. The molecule has 9 heteroatoms. The summed E-state index contributed by atoms with van der Waals surface area (Å²) in [6.07, 6.45) is -4.87. The van der Waals surface area contributed by atoms with Crippen molar-refractivity contribution in [2.24, 2.45) is 0 Å². The highest BCUT2D eigenvalue weighted by Gasteiger charge is 2.51. The van der Waals surface area contributed by atoms with Crippen LogP contribution >= 0.6 is 0 Å². The van der Waals surface area contributed by atoms with Crippen LogP contribution in [0.1, 0.15) is 18.2 Å². The van der Waals surface area contributed by atoms with Gasteiger partial charge in [-0.2, -0.15) is 0 Å². The maximum Gasteiger partial charge on any atom is 0.330 e. The summed E-state index contributed by atoms with van der Waals surface area (Å²) >= 11 is 0. The summed E-state index contributed by atoms with van der Waals surface area (Å²) in [4.78, 5) is 24.9. The number of ether oxygens (including phenoxy) is 1. The molecule has 0 radical (unpaired) electrons. The maximum absolute atomic E-state index is 13.7. The molecule has 3 atom stereocenters. The third kappa shape index (κ3) is 2.51. The van der Waals surface area contributed by atoms with Gasteiger partial charge in [-0.15, -0.1) is 0 Å². The molecule has 112 valence electrons. The van der Waals surface area contributed by atoms with Crippen molar-refractivity contribution in [3.8, 4) is 0 Å². The van der Waals surface area contributed by atoms with E-state index in [9.17, 15) is 23.5 Å². The van der Waals surface area contributed by atoms with E-state index in [4.69, 9.17) is 9.84 Å². The Balaban J connectivity index is 2.41. The SMILES string of the molecule is Cc1cn(C2CC(F)(F)C(O)C(CO)O2)c(=O)[nH]c1=O. The van der Waals surface area contributed by atoms with Crippen molar-refractivity contribution in [1.82, 2.24) is 9.55 Å². The lowest BCUT2D eigenvalue weighted by molar-refractivity contribution is -0.259. The average Bonchev–Trinajstić information content (AvgIpc) is 2.37. The first-order chi connectivity index (χ1) is 9.26. The van der Waals surface area contributed by atoms with Gasteiger partial charge in [-0.25, -0.2) is 13.6 Å². The van der Waals surface area contributed by atoms with E-state index in [0.29, 0.717) is 0 Å². The second-order valence-corrected chi connectivity index (χ2v) is 4.70. The Bertz CT molecular complexity index is 612. The van der Waals surface area contributed by atoms with Gasteiger partial charge in [0.15, 0.2) is 0 Å². The van der Waals surface area contributed by atoms with E-state index in [1.807, 2.05) is 4.98 Å². The molecule has 1 aromatic heterocycles. The highest BCUT2D eigenvalue weighted by molar-refractivity contribution is 5.02. The summed E-state index contributed by atoms with van der Waals surface area (Å²) in [7, 11) is 0. The number of aromatic amines is 1. The first-order valence-corrected chi connectivity index (χ1v) is 5.90. The minimum absolute atomic E-state index is 0.156. The third-order valence-corrected chi connectivity index (χ3v) is 3.20. The van der Waals surface area contributed by atoms with Crippen molar-refractivity contribution < 1.29 is 23.7 Å². The van der Waals surface area contributed by atoms with Gasteiger partial charge in [0.1, 0.15) is 18.4 Å². The van der Waals surface area contributed by atoms with Crippen LogP contribution in [0.3, 0.4) is 0 Å². The van der Waals surface area contributed by atoms with Crippen LogP contribution in [0.4, 0.5) is 8.78 Å². The number of H-pyrrole nitrogens is 1. The molecule has 1 aliphatic rings. The van der Waals surface area contributed by atoms with Gasteiger partial charge in [0.25, 0.3) is 11.5 Å². The number of aromatic nitrogens is 2. The van der Waals surface area contributed by atoms with Gasteiger partial charge in [-0.3, -0.25) is 14.3 Å². The molecule has 7 nitrogen and oxygen atoms in total. The van der Waals surface area contributed by atoms with Crippen LogP contribution in [-0.2, 0) is 4.74 Å². The zero-order valence-corrected chi connectivity index (χ0v) is 10.5. The van der Waals surface area contributed by atoms with Gasteiger partial charge in [0.05, 0.1) is 13.0 Å². The number of nitrogens with one attached hydrogen (secondary N) is 1. The van der Waals surface area contributed by atoms with E-state index in [1.165, 1.54) is 6.92 Å². The van der Waals surface area contributed by atoms with E-state index in [-0.39, 0.29) is 5.56 Å². The lowest BCUT2D eigenvalue weighted by atomic mass is 10.00. The largest absolute Gasteiger partial charge is 0.394 e. The first kappa shape index (κ1) is 14.8. The van der Waals surface area contributed by atoms with E-state index in [1.54, 1.807) is 0 Å². The second-order valence-electron chi connectivity index (χ2n) is 4.70. The van der Waals surface area contributed by atoms with Crippen molar-refractivity contribution in [2.75, 3.05) is 6.61 Å². The number of alkyl halides is 2. The summed E-state index contributed by atoms with van der Waals surface area (Å²) in [5.41, 5.74) is -1.36. The Hall–Kier alpha value is -1.58. The number of hydrogen-bond acceptors (Lipinski definition) is 5. The van der Waals surface area contributed by atoms with Crippen LogP contribution in [0.15, 0.2) is 15.8 Å². The summed E-state index contributed by atoms with van der Waals surface area (Å²) in [6.45, 7) is 0.596. The van der Waals surface area contributed by atoms with E-state index >= 15 is 0 Å². The van der Waals surface area contributed by atoms with Crippen LogP contribution in [0.5, 0.6) is 0 Å². The molecule has 0 saturated carbocycles. The number of hydrogen-bond donors (Lipinski definition) is 3. The summed E-state index contributed by atoms with van der Waals surface area (Å²) in [6, 6.07) is 0. The molecule has 1 aliphatic heterocycles. The van der Waals surface area contributed by atoms with Crippen molar-refractivity contribution in [3.63, 3.8) is 0 Å². The van der Waals surface area contributed by atoms with Crippen molar-refractivity contribution >= 4 is 0 Å². The zero-order valence-electron chi connectivity index (χ0n) is 10.5. The van der Waals surface area contributed by atoms with Gasteiger partial charge >= 0.3 is 5.69 Å². The summed E-state index contributed by atoms with van der Waals surface area (Å²) in [5.74, 6) is -3.51. The molecule has 2 heterocycles. The van der Waals surface area contributed by atoms with Crippen LogP contribution in [0.25, 0.3) is 0 Å². The topological polar surface area (TPSA) is 105 Å². The lowest BCUT2D eigenvalue weighted by Crippen LogP contribution is -2.53. The Kier molecular flexibility index (Phi) is 3.76. The molecule has 0 bridgehead atoms. The molecule has 1 aromatic rings. The first-order valence-electron chi connectivity index (χ1n) is 5.90. The quantitative estimate of drug-likeness (QED) is 0.656. The fraction of sp³-hybridized carbons (Fsp3) is 0.636. The van der Waals surface area contributed by atoms with Crippen LogP contribution < -0.4 is 11.2 Å². The van der Waals surface area contributed by atoms with Crippen LogP contribution in [0, 0.1) is 6.92 Å². The summed E-state index contributed by atoms with van der Waals surface area (Å²) in [5, 5.41) is 18.3. The molecule has 1 fully saturated rings. The highest BCUT2D eigenvalue weighted by Crippen LogP contribution is 2.37. The molecular formula is C11H14F2N2O5. The van der Waals surface area contributed by atoms with E-state index in [0.717, 1.165) is 10.8 Å². The zero-order chi connectivity index (χ0) is 15.1. The second kappa shape index (κ2) is 5.08. The normalized spacial score (nSPS) is 29.4. The predicted octanol–water partition coefficient (Wildman–Crippen LogP) is -0.879. The number of rotatable bonds is 2. The minimum Gasteiger partial charge on any atom is -0.394 e. The fourth-order valence-electron chi connectivity index (χ4n) is 2.06. The number of nitrogens with zero attached hydrogens (tertiary/aromatic N) is 1. The van der Waals surface area contributed by atoms with Gasteiger partial charge in [0.2, 0.25) is 0 Å². The monoisotopic (exact) mass is 292 g/mol. The number of aryl methyl sites for hydroxylation is 1. The number of halogens is 2. The van der Waals surface area contributed by atoms with Crippen LogP contribution in [0.2, 0.25) is 0 Å². The van der Waals surface area contributed by atoms with Crippen molar-refractivity contribution in [1.29, 1.82) is 0 Å². The van der Waals surface area contributed by atoms with Gasteiger partial charge in [-0.1, -0.05) is 0 Å². The Morgan fingerprint density at radius 2 is 2.20 bits per heavy atom. The molecule has 3 unspecified atom stereocenters. The molecule has 2 rings (SSSR count). The molecule has 1 saturated heterocycles. The molecule has 20 heavy (non-hydrogen) atoms. The molecule has 0 amide bonds. The number of aliphatic hydroxyl groups is 2. The van der Waals surface area contributed by atoms with Crippen molar-refractivity contribution in [2.45, 2.75) is 37.7 Å². The smallest absolute Gasteiger partial charge is 0.330 e. The molecule has 0 aromatic carbocycles. The van der Waals surface area contributed by atoms with Gasteiger partial charge in [-0.05, 0) is 6.92 Å². The molecule has 3 N–H and O–H groups in total. The van der Waals surface area contributed by atoms with Gasteiger partial charge in [0, 0.05) is 11.8 Å². The highest BCUT2D eigenvalue weighted by atomic mass is 19.3. The standard InChI is InChI=1S/C11H14F2N2O5/c1-5-3-15(10(19)14-9(5)18)7-2-11(12,13)8(17)6(4-16)20-7/h3,6-8,16-17H,2,4H2,1H3,(H,14,18,19). The van der Waals surface area contributed by atoms with E-state index in [2.05, 4.69) is 0 Å². The van der Waals surface area contributed by atoms with Crippen LogP contribution in [-0.4, -0.2) is 44.5 Å². The molecular weight excluding hydrogens is 278 g/mol. The molecule has 0 aliphatic carbocycles. The van der Waals surface area contributed by atoms with Crippen molar-refractivity contribution in [3.05, 3.63) is 32.6 Å². The van der Waals surface area contributed by atoms with Gasteiger partial charge < -0.3 is 14.9 Å². The summed E-state index contributed by atoms with van der Waals surface area (Å²) < 4.78 is 33.2. The molecule has 0 spiro atoms. The Labute approximate surface area is 111 Å².